The van der Waals surface area contributed by atoms with Gasteiger partial charge in [-0.25, -0.2) is 0 Å². The van der Waals surface area contributed by atoms with E-state index in [0.717, 1.165) is 10.0 Å². The van der Waals surface area contributed by atoms with Crippen LogP contribution in [0.1, 0.15) is 5.56 Å². The van der Waals surface area contributed by atoms with Crippen molar-refractivity contribution in [2.75, 3.05) is 0 Å². The molecule has 0 spiro atoms. The van der Waals surface area contributed by atoms with Crippen LogP contribution in [0.4, 0.5) is 0 Å². The van der Waals surface area contributed by atoms with Crippen molar-refractivity contribution >= 4 is 27.5 Å². The third-order valence-corrected chi connectivity index (χ3v) is 3.12. The highest BCUT2D eigenvalue weighted by Gasteiger charge is 1.97. The molecule has 0 unspecified atom stereocenters. The predicted molar refractivity (Wildman–Crippen MR) is 69.1 cm³/mol. The molecule has 0 fully saturated rings. The molecule has 15 heavy (non-hydrogen) atoms. The molecule has 0 saturated carbocycles. The van der Waals surface area contributed by atoms with E-state index in [0.29, 0.717) is 5.88 Å². The molecule has 0 nitrogen and oxygen atoms in total. The quantitative estimate of drug-likeness (QED) is 0.690. The summed E-state index contributed by atoms with van der Waals surface area (Å²) < 4.78 is 1.10. The van der Waals surface area contributed by atoms with E-state index in [1.165, 1.54) is 11.1 Å². The van der Waals surface area contributed by atoms with Gasteiger partial charge in [-0.3, -0.25) is 0 Å². The van der Waals surface area contributed by atoms with Crippen LogP contribution in [0.5, 0.6) is 0 Å². The molecule has 2 heteroatoms. The van der Waals surface area contributed by atoms with Gasteiger partial charge in [0.1, 0.15) is 0 Å². The minimum Gasteiger partial charge on any atom is -0.122 e. The molecule has 0 bridgehead atoms. The third kappa shape index (κ3) is 2.61. The SMILES string of the molecule is ClCc1ccc(-c2ccc(Br)cc2)cc1. The van der Waals surface area contributed by atoms with Gasteiger partial charge in [-0.1, -0.05) is 52.3 Å². The van der Waals surface area contributed by atoms with E-state index < -0.39 is 0 Å². The molecule has 0 N–H and O–H groups in total. The summed E-state index contributed by atoms with van der Waals surface area (Å²) in [7, 11) is 0. The molecule has 0 atom stereocenters. The first-order chi connectivity index (χ1) is 7.29. The molecule has 0 aliphatic rings. The van der Waals surface area contributed by atoms with Crippen LogP contribution in [-0.4, -0.2) is 0 Å². The highest BCUT2D eigenvalue weighted by atomic mass is 79.9. The van der Waals surface area contributed by atoms with Crippen LogP contribution in [0.3, 0.4) is 0 Å². The summed E-state index contributed by atoms with van der Waals surface area (Å²) in [5.41, 5.74) is 3.59. The van der Waals surface area contributed by atoms with Crippen LogP contribution < -0.4 is 0 Å². The molecule has 0 aromatic heterocycles. The number of halogens is 2. The normalized spacial score (nSPS) is 10.3. The second kappa shape index (κ2) is 4.82. The van der Waals surface area contributed by atoms with Crippen molar-refractivity contribution in [1.29, 1.82) is 0 Å². The minimum atomic E-state index is 0.570. The highest BCUT2D eigenvalue weighted by molar-refractivity contribution is 9.10. The zero-order valence-electron chi connectivity index (χ0n) is 8.08. The standard InChI is InChI=1S/C13H10BrCl/c14-13-7-5-12(6-8-13)11-3-1-10(9-15)2-4-11/h1-8H,9H2. The van der Waals surface area contributed by atoms with Crippen molar-refractivity contribution < 1.29 is 0 Å². The Kier molecular flexibility index (Phi) is 3.45. The summed E-state index contributed by atoms with van der Waals surface area (Å²) in [5, 5.41) is 0. The first kappa shape index (κ1) is 10.7. The minimum absolute atomic E-state index is 0.570. The van der Waals surface area contributed by atoms with Gasteiger partial charge in [0.15, 0.2) is 0 Å². The second-order valence-electron chi connectivity index (χ2n) is 3.34. The van der Waals surface area contributed by atoms with Crippen molar-refractivity contribution in [2.24, 2.45) is 0 Å². The monoisotopic (exact) mass is 280 g/mol. The molecule has 0 aliphatic carbocycles. The number of hydrogen-bond acceptors (Lipinski definition) is 0. The number of benzene rings is 2. The van der Waals surface area contributed by atoms with E-state index >= 15 is 0 Å². The smallest absolute Gasteiger partial charge is 0.0474 e. The fourth-order valence-corrected chi connectivity index (χ4v) is 1.87. The first-order valence-corrected chi connectivity index (χ1v) is 6.03. The highest BCUT2D eigenvalue weighted by Crippen LogP contribution is 2.22. The Bertz CT molecular complexity index is 431. The number of hydrogen-bond donors (Lipinski definition) is 0. The second-order valence-corrected chi connectivity index (χ2v) is 4.52. The van der Waals surface area contributed by atoms with E-state index in [1.807, 2.05) is 12.1 Å². The van der Waals surface area contributed by atoms with Crippen LogP contribution in [0.25, 0.3) is 11.1 Å². The van der Waals surface area contributed by atoms with Crippen molar-refractivity contribution in [3.05, 3.63) is 58.6 Å². The lowest BCUT2D eigenvalue weighted by Gasteiger charge is -2.02. The van der Waals surface area contributed by atoms with Gasteiger partial charge in [-0.2, -0.15) is 0 Å². The van der Waals surface area contributed by atoms with Crippen molar-refractivity contribution in [3.8, 4) is 11.1 Å². The summed E-state index contributed by atoms with van der Waals surface area (Å²) in [4.78, 5) is 0. The lowest BCUT2D eigenvalue weighted by atomic mass is 10.0. The van der Waals surface area contributed by atoms with Gasteiger partial charge >= 0.3 is 0 Å². The van der Waals surface area contributed by atoms with E-state index in [-0.39, 0.29) is 0 Å². The fraction of sp³-hybridized carbons (Fsp3) is 0.0769. The maximum absolute atomic E-state index is 5.74. The molecule has 0 amide bonds. The molecule has 0 aliphatic heterocycles. The zero-order valence-corrected chi connectivity index (χ0v) is 10.4. The first-order valence-electron chi connectivity index (χ1n) is 4.70. The van der Waals surface area contributed by atoms with E-state index in [1.54, 1.807) is 0 Å². The van der Waals surface area contributed by atoms with Gasteiger partial charge in [0.25, 0.3) is 0 Å². The molecule has 0 heterocycles. The number of rotatable bonds is 2. The molecular formula is C13H10BrCl. The van der Waals surface area contributed by atoms with Crippen LogP contribution in [0, 0.1) is 0 Å². The molecular weight excluding hydrogens is 272 g/mol. The molecule has 2 aromatic carbocycles. The van der Waals surface area contributed by atoms with Gasteiger partial charge in [0, 0.05) is 10.4 Å². The van der Waals surface area contributed by atoms with Gasteiger partial charge in [0.05, 0.1) is 0 Å². The Morgan fingerprint density at radius 3 is 1.73 bits per heavy atom. The lowest BCUT2D eigenvalue weighted by molar-refractivity contribution is 1.40. The summed E-state index contributed by atoms with van der Waals surface area (Å²) in [6, 6.07) is 16.6. The van der Waals surface area contributed by atoms with Crippen LogP contribution in [-0.2, 0) is 5.88 Å². The molecule has 2 aromatic rings. The van der Waals surface area contributed by atoms with Crippen molar-refractivity contribution in [1.82, 2.24) is 0 Å². The Balaban J connectivity index is 2.33. The third-order valence-electron chi connectivity index (χ3n) is 2.29. The Labute approximate surface area is 103 Å². The van der Waals surface area contributed by atoms with E-state index in [9.17, 15) is 0 Å². The summed E-state index contributed by atoms with van der Waals surface area (Å²) >= 11 is 9.16. The van der Waals surface area contributed by atoms with Gasteiger partial charge < -0.3 is 0 Å². The van der Waals surface area contributed by atoms with Gasteiger partial charge in [-0.05, 0) is 28.8 Å². The molecule has 0 radical (unpaired) electrons. The van der Waals surface area contributed by atoms with Gasteiger partial charge in [-0.15, -0.1) is 11.6 Å². The Morgan fingerprint density at radius 2 is 1.27 bits per heavy atom. The maximum atomic E-state index is 5.74. The lowest BCUT2D eigenvalue weighted by Crippen LogP contribution is -1.80. The molecule has 2 rings (SSSR count). The van der Waals surface area contributed by atoms with Crippen LogP contribution in [0.15, 0.2) is 53.0 Å². The maximum Gasteiger partial charge on any atom is 0.0474 e. The largest absolute Gasteiger partial charge is 0.122 e. The Hall–Kier alpha value is -0.790. The average Bonchev–Trinajstić information content (AvgIpc) is 2.30. The average molecular weight is 282 g/mol. The zero-order chi connectivity index (χ0) is 10.7. The molecule has 76 valence electrons. The summed E-state index contributed by atoms with van der Waals surface area (Å²) in [6.07, 6.45) is 0. The van der Waals surface area contributed by atoms with E-state index in [2.05, 4.69) is 52.3 Å². The predicted octanol–water partition coefficient (Wildman–Crippen LogP) is 4.85. The molecule has 0 saturated heterocycles. The summed E-state index contributed by atoms with van der Waals surface area (Å²) in [6.45, 7) is 0. The topological polar surface area (TPSA) is 0 Å². The Morgan fingerprint density at radius 1 is 0.800 bits per heavy atom. The van der Waals surface area contributed by atoms with Crippen LogP contribution in [0.2, 0.25) is 0 Å². The van der Waals surface area contributed by atoms with E-state index in [4.69, 9.17) is 11.6 Å². The van der Waals surface area contributed by atoms with Gasteiger partial charge in [0.2, 0.25) is 0 Å². The summed E-state index contributed by atoms with van der Waals surface area (Å²) in [5.74, 6) is 0.570. The fourth-order valence-electron chi connectivity index (χ4n) is 1.43. The number of alkyl halides is 1. The van der Waals surface area contributed by atoms with Crippen molar-refractivity contribution in [2.45, 2.75) is 5.88 Å². The van der Waals surface area contributed by atoms with Crippen LogP contribution >= 0.6 is 27.5 Å². The van der Waals surface area contributed by atoms with Crippen molar-refractivity contribution in [3.63, 3.8) is 0 Å².